The lowest BCUT2D eigenvalue weighted by Gasteiger charge is -2.14. The van der Waals surface area contributed by atoms with Crippen molar-refractivity contribution in [3.05, 3.63) is 65.2 Å². The molecule has 0 aliphatic heterocycles. The highest BCUT2D eigenvalue weighted by Gasteiger charge is 2.34. The molecule has 2 aromatic carbocycles. The molecule has 26 heavy (non-hydrogen) atoms. The van der Waals surface area contributed by atoms with Gasteiger partial charge in [-0.15, -0.1) is 0 Å². The molecule has 0 saturated heterocycles. The summed E-state index contributed by atoms with van der Waals surface area (Å²) in [5.41, 5.74) is 0.569. The number of hydrogen-bond acceptors (Lipinski definition) is 2. The third-order valence-electron chi connectivity index (χ3n) is 3.97. The summed E-state index contributed by atoms with van der Waals surface area (Å²) in [5.74, 6) is -0.278. The van der Waals surface area contributed by atoms with E-state index in [-0.39, 0.29) is 16.8 Å². The van der Waals surface area contributed by atoms with Gasteiger partial charge in [0.15, 0.2) is 0 Å². The van der Waals surface area contributed by atoms with E-state index in [0.29, 0.717) is 5.56 Å². The van der Waals surface area contributed by atoms with Crippen LogP contribution in [0, 0.1) is 6.92 Å². The van der Waals surface area contributed by atoms with Crippen molar-refractivity contribution in [2.75, 3.05) is 0 Å². The molecule has 1 saturated carbocycles. The van der Waals surface area contributed by atoms with Gasteiger partial charge in [-0.1, -0.05) is 36.0 Å². The van der Waals surface area contributed by atoms with Gasteiger partial charge in [-0.05, 0) is 55.2 Å². The summed E-state index contributed by atoms with van der Waals surface area (Å²) in [6.07, 6.45) is 0.146. The van der Waals surface area contributed by atoms with Crippen molar-refractivity contribution in [3.63, 3.8) is 0 Å². The summed E-state index contributed by atoms with van der Waals surface area (Å²) in [7, 11) is 0. The first kappa shape index (κ1) is 18.6. The number of alkyl halides is 3. The minimum Gasteiger partial charge on any atom is -0.350 e. The van der Waals surface area contributed by atoms with Gasteiger partial charge in [0, 0.05) is 21.9 Å². The lowest BCUT2D eigenvalue weighted by atomic mass is 10.1. The molecular formula is C20H18F3NOS. The third kappa shape index (κ3) is 4.91. The number of carbonyl (C=O) groups is 1. The van der Waals surface area contributed by atoms with Crippen molar-refractivity contribution in [2.24, 2.45) is 0 Å². The van der Waals surface area contributed by atoms with Crippen LogP contribution < -0.4 is 5.32 Å². The minimum atomic E-state index is -4.47. The standard InChI is InChI=1S/C20H18F3NOS/c1-13-4-2-3-5-17(13)26-18-10-6-14(12-16(18)20(21,22)23)7-11-19(25)24-15-8-9-15/h2-7,10-12,15H,8-9H2,1H3,(H,24,25)/b11-7+. The third-order valence-corrected chi connectivity index (χ3v) is 5.23. The van der Waals surface area contributed by atoms with Gasteiger partial charge in [-0.25, -0.2) is 0 Å². The van der Waals surface area contributed by atoms with Crippen LogP contribution in [-0.4, -0.2) is 11.9 Å². The quantitative estimate of drug-likeness (QED) is 0.702. The van der Waals surface area contributed by atoms with Gasteiger partial charge in [0.05, 0.1) is 5.56 Å². The largest absolute Gasteiger partial charge is 0.417 e. The lowest BCUT2D eigenvalue weighted by molar-refractivity contribution is -0.139. The summed E-state index contributed by atoms with van der Waals surface area (Å²) in [4.78, 5) is 12.6. The molecule has 0 radical (unpaired) electrons. The molecule has 136 valence electrons. The molecule has 1 amide bonds. The van der Waals surface area contributed by atoms with E-state index in [2.05, 4.69) is 5.32 Å². The van der Waals surface area contributed by atoms with Crippen LogP contribution in [0.3, 0.4) is 0 Å². The fraction of sp³-hybridized carbons (Fsp3) is 0.250. The van der Waals surface area contributed by atoms with E-state index in [1.807, 2.05) is 19.1 Å². The maximum atomic E-state index is 13.5. The Balaban J connectivity index is 1.84. The predicted molar refractivity (Wildman–Crippen MR) is 96.9 cm³/mol. The summed E-state index contributed by atoms with van der Waals surface area (Å²) in [6.45, 7) is 1.87. The maximum absolute atomic E-state index is 13.5. The van der Waals surface area contributed by atoms with E-state index < -0.39 is 11.7 Å². The van der Waals surface area contributed by atoms with Gasteiger partial charge in [0.2, 0.25) is 5.91 Å². The second-order valence-electron chi connectivity index (χ2n) is 6.24. The number of aryl methyl sites for hydroxylation is 1. The Hall–Kier alpha value is -2.21. The van der Waals surface area contributed by atoms with Gasteiger partial charge < -0.3 is 5.32 Å². The van der Waals surface area contributed by atoms with E-state index in [1.54, 1.807) is 18.2 Å². The highest BCUT2D eigenvalue weighted by atomic mass is 32.2. The summed E-state index contributed by atoms with van der Waals surface area (Å²) >= 11 is 1.09. The zero-order chi connectivity index (χ0) is 18.7. The molecule has 2 aromatic rings. The highest BCUT2D eigenvalue weighted by Crippen LogP contribution is 2.40. The topological polar surface area (TPSA) is 29.1 Å². The zero-order valence-electron chi connectivity index (χ0n) is 14.1. The number of carbonyl (C=O) groups excluding carboxylic acids is 1. The van der Waals surface area contributed by atoms with Crippen LogP contribution in [0.25, 0.3) is 6.08 Å². The fourth-order valence-corrected chi connectivity index (χ4v) is 3.43. The maximum Gasteiger partial charge on any atom is 0.417 e. The molecule has 1 N–H and O–H groups in total. The normalized spacial score (nSPS) is 14.6. The molecule has 0 aromatic heterocycles. The molecule has 6 heteroatoms. The molecular weight excluding hydrogens is 359 g/mol. The first-order chi connectivity index (χ1) is 12.3. The van der Waals surface area contributed by atoms with Gasteiger partial charge >= 0.3 is 6.18 Å². The van der Waals surface area contributed by atoms with Crippen LogP contribution in [-0.2, 0) is 11.0 Å². The van der Waals surface area contributed by atoms with Crippen LogP contribution in [0.2, 0.25) is 0 Å². The highest BCUT2D eigenvalue weighted by molar-refractivity contribution is 7.99. The molecule has 2 nitrogen and oxygen atoms in total. The Kier molecular flexibility index (Phi) is 5.41. The van der Waals surface area contributed by atoms with E-state index in [0.717, 1.165) is 41.1 Å². The van der Waals surface area contributed by atoms with Crippen molar-refractivity contribution in [1.29, 1.82) is 0 Å². The average Bonchev–Trinajstić information content (AvgIpc) is 3.39. The lowest BCUT2D eigenvalue weighted by Crippen LogP contribution is -2.22. The summed E-state index contributed by atoms with van der Waals surface area (Å²) in [5, 5.41) is 2.77. The Morgan fingerprint density at radius 2 is 1.88 bits per heavy atom. The van der Waals surface area contributed by atoms with E-state index in [9.17, 15) is 18.0 Å². The smallest absolute Gasteiger partial charge is 0.350 e. The SMILES string of the molecule is Cc1ccccc1Sc1ccc(/C=C/C(=O)NC2CC2)cc1C(F)(F)F. The number of halogens is 3. The number of amides is 1. The molecule has 3 rings (SSSR count). The van der Waals surface area contributed by atoms with Crippen molar-refractivity contribution in [2.45, 2.75) is 41.8 Å². The van der Waals surface area contributed by atoms with Gasteiger partial charge in [0.25, 0.3) is 0 Å². The number of hydrogen-bond donors (Lipinski definition) is 1. The molecule has 1 aliphatic rings. The summed E-state index contributed by atoms with van der Waals surface area (Å²) in [6, 6.07) is 11.7. The fourth-order valence-electron chi connectivity index (χ4n) is 2.40. The second-order valence-corrected chi connectivity index (χ2v) is 7.32. The van der Waals surface area contributed by atoms with E-state index in [1.165, 1.54) is 18.2 Å². The van der Waals surface area contributed by atoms with Crippen LogP contribution >= 0.6 is 11.8 Å². The average molecular weight is 377 g/mol. The van der Waals surface area contributed by atoms with Crippen molar-refractivity contribution in [1.82, 2.24) is 5.32 Å². The number of nitrogens with one attached hydrogen (secondary N) is 1. The Labute approximate surface area is 154 Å². The first-order valence-corrected chi connectivity index (χ1v) is 9.08. The van der Waals surface area contributed by atoms with E-state index >= 15 is 0 Å². The molecule has 0 spiro atoms. The Morgan fingerprint density at radius 1 is 1.15 bits per heavy atom. The van der Waals surface area contributed by atoms with Crippen LogP contribution in [0.15, 0.2) is 58.3 Å². The molecule has 0 unspecified atom stereocenters. The van der Waals surface area contributed by atoms with Gasteiger partial charge in [-0.2, -0.15) is 13.2 Å². The molecule has 0 bridgehead atoms. The van der Waals surface area contributed by atoms with Crippen molar-refractivity contribution in [3.8, 4) is 0 Å². The monoisotopic (exact) mass is 377 g/mol. The van der Waals surface area contributed by atoms with Crippen molar-refractivity contribution >= 4 is 23.7 Å². The Bertz CT molecular complexity index is 841. The van der Waals surface area contributed by atoms with Crippen molar-refractivity contribution < 1.29 is 18.0 Å². The number of benzene rings is 2. The molecule has 0 atom stereocenters. The van der Waals surface area contributed by atoms with Crippen LogP contribution in [0.1, 0.15) is 29.5 Å². The van der Waals surface area contributed by atoms with E-state index in [4.69, 9.17) is 0 Å². The molecule has 1 fully saturated rings. The first-order valence-electron chi connectivity index (χ1n) is 8.26. The number of rotatable bonds is 5. The van der Waals surface area contributed by atoms with Gasteiger partial charge in [-0.3, -0.25) is 4.79 Å². The molecule has 0 heterocycles. The molecule has 1 aliphatic carbocycles. The van der Waals surface area contributed by atoms with Crippen LogP contribution in [0.4, 0.5) is 13.2 Å². The van der Waals surface area contributed by atoms with Gasteiger partial charge in [0.1, 0.15) is 0 Å². The zero-order valence-corrected chi connectivity index (χ0v) is 15.0. The van der Waals surface area contributed by atoms with Crippen LogP contribution in [0.5, 0.6) is 0 Å². The second kappa shape index (κ2) is 7.58. The minimum absolute atomic E-state index is 0.145. The predicted octanol–water partition coefficient (Wildman–Crippen LogP) is 5.46. The Morgan fingerprint density at radius 3 is 2.54 bits per heavy atom. The summed E-state index contributed by atoms with van der Waals surface area (Å²) < 4.78 is 40.5.